The summed E-state index contributed by atoms with van der Waals surface area (Å²) in [5, 5.41) is 8.25. The zero-order valence-corrected chi connectivity index (χ0v) is 28.8. The maximum atomic E-state index is 14.2. The first-order valence-corrected chi connectivity index (χ1v) is 16.4. The highest BCUT2D eigenvalue weighted by Gasteiger charge is 2.48. The summed E-state index contributed by atoms with van der Waals surface area (Å²) >= 11 is 3.27. The molecule has 248 valence electrons. The molecule has 1 aliphatic heterocycles. The van der Waals surface area contributed by atoms with Gasteiger partial charge in [0.15, 0.2) is 0 Å². The second-order valence-corrected chi connectivity index (χ2v) is 14.8. The van der Waals surface area contributed by atoms with Crippen LogP contribution in [0.15, 0.2) is 22.8 Å². The molecule has 2 unspecified atom stereocenters. The number of Topliss-reactive ketones (excluding diaryl/α,β-unsaturated/α-hetero) is 2. The lowest BCUT2D eigenvalue weighted by atomic mass is 9.84. The van der Waals surface area contributed by atoms with Crippen molar-refractivity contribution in [2.24, 2.45) is 34.8 Å². The fraction of sp³-hybridized carbons (Fsp3) is 0.656. The molecule has 1 aliphatic carbocycles. The number of hydrogen-bond acceptors (Lipinski definition) is 7. The largest absolute Gasteiger partial charge is 0.363 e. The molecule has 2 heterocycles. The number of amides is 5. The zero-order valence-electron chi connectivity index (χ0n) is 27.2. The molecule has 13 heteroatoms. The summed E-state index contributed by atoms with van der Waals surface area (Å²) in [5.41, 5.74) is 4.70. The number of primary amides is 1. The number of nitrogens with one attached hydrogen (secondary N) is 3. The molecule has 0 radical (unpaired) electrons. The van der Waals surface area contributed by atoms with E-state index in [2.05, 4.69) is 36.9 Å². The average Bonchev–Trinajstić information content (AvgIpc) is 3.65. The maximum absolute atomic E-state index is 14.2. The van der Waals surface area contributed by atoms with Crippen LogP contribution in [0.4, 0.5) is 4.79 Å². The van der Waals surface area contributed by atoms with Crippen LogP contribution in [0.3, 0.4) is 0 Å². The van der Waals surface area contributed by atoms with Crippen LogP contribution in [-0.2, 0) is 19.2 Å². The Morgan fingerprint density at radius 1 is 1.00 bits per heavy atom. The Morgan fingerprint density at radius 2 is 1.64 bits per heavy atom. The Morgan fingerprint density at radius 3 is 2.16 bits per heavy atom. The van der Waals surface area contributed by atoms with E-state index in [0.717, 1.165) is 12.8 Å². The maximum Gasteiger partial charge on any atom is 0.316 e. The predicted molar refractivity (Wildman–Crippen MR) is 172 cm³/mol. The first-order valence-electron chi connectivity index (χ1n) is 15.6. The number of urea groups is 1. The summed E-state index contributed by atoms with van der Waals surface area (Å²) < 4.78 is 0.487. The second-order valence-electron chi connectivity index (χ2n) is 14.0. The molecule has 0 aromatic carbocycles. The fourth-order valence-electron chi connectivity index (χ4n) is 5.81. The summed E-state index contributed by atoms with van der Waals surface area (Å²) in [6.07, 6.45) is 2.68. The van der Waals surface area contributed by atoms with Gasteiger partial charge >= 0.3 is 6.03 Å². The van der Waals surface area contributed by atoms with Gasteiger partial charge in [0.05, 0.1) is 12.1 Å². The van der Waals surface area contributed by atoms with Crippen molar-refractivity contribution in [1.29, 1.82) is 0 Å². The number of halogens is 1. The first kappa shape index (κ1) is 36.1. The van der Waals surface area contributed by atoms with Crippen LogP contribution in [0, 0.1) is 29.1 Å². The first-order chi connectivity index (χ1) is 20.9. The molecule has 3 rings (SSSR count). The number of carbonyl (C=O) groups excluding carboxylic acids is 6. The van der Waals surface area contributed by atoms with Gasteiger partial charge in [-0.25, -0.2) is 9.78 Å². The number of ketones is 2. The normalized spacial score (nSPS) is 20.4. The molecule has 1 saturated heterocycles. The minimum Gasteiger partial charge on any atom is -0.363 e. The standard InChI is InChI=1S/C32H47BrN6O6/c1-16(2)19-13-14-39(24(19)29(43)36-21(15-18-11-12-18)26(41)28(34)42)30(44)27(32(5,6)7)38-31(45)37-23(17(3)4)25(40)20-9-8-10-22(33)35-20/h8-10,16-19,21,23-24,27H,11-15H2,1-7H3,(H2,34,42)(H,36,43)(H2,37,38,45)/t19?,21?,23-,24-,27+/m0/s1. The molecule has 2 aliphatic rings. The molecule has 5 atom stereocenters. The van der Waals surface area contributed by atoms with Crippen LogP contribution in [-0.4, -0.2) is 75.9 Å². The highest BCUT2D eigenvalue weighted by atomic mass is 79.9. The van der Waals surface area contributed by atoms with Gasteiger partial charge < -0.3 is 26.6 Å². The second kappa shape index (κ2) is 14.8. The molecule has 1 aromatic heterocycles. The van der Waals surface area contributed by atoms with Gasteiger partial charge in [0.1, 0.15) is 22.4 Å². The van der Waals surface area contributed by atoms with Gasteiger partial charge in [-0.15, -0.1) is 0 Å². The van der Waals surface area contributed by atoms with Gasteiger partial charge in [-0.05, 0) is 70.0 Å². The summed E-state index contributed by atoms with van der Waals surface area (Å²) in [6.45, 7) is 13.2. The minimum absolute atomic E-state index is 0.0288. The topological polar surface area (TPSA) is 181 Å². The van der Waals surface area contributed by atoms with E-state index in [1.807, 2.05) is 13.8 Å². The smallest absolute Gasteiger partial charge is 0.316 e. The van der Waals surface area contributed by atoms with Gasteiger partial charge in [-0.3, -0.25) is 24.0 Å². The fourth-order valence-corrected chi connectivity index (χ4v) is 6.16. The van der Waals surface area contributed by atoms with Crippen molar-refractivity contribution >= 4 is 51.2 Å². The lowest BCUT2D eigenvalue weighted by molar-refractivity contribution is -0.144. The van der Waals surface area contributed by atoms with E-state index < -0.39 is 59.1 Å². The summed E-state index contributed by atoms with van der Waals surface area (Å²) in [4.78, 5) is 84.7. The Labute approximate surface area is 273 Å². The quantitative estimate of drug-likeness (QED) is 0.139. The number of aromatic nitrogens is 1. The molecular formula is C32H47BrN6O6. The number of rotatable bonds is 13. The van der Waals surface area contributed by atoms with Crippen molar-refractivity contribution in [3.63, 3.8) is 0 Å². The molecule has 1 saturated carbocycles. The molecule has 5 amide bonds. The lowest BCUT2D eigenvalue weighted by Gasteiger charge is -2.37. The number of hydrogen-bond donors (Lipinski definition) is 4. The van der Waals surface area contributed by atoms with Gasteiger partial charge in [-0.1, -0.05) is 67.4 Å². The number of pyridine rings is 1. The average molecular weight is 692 g/mol. The van der Waals surface area contributed by atoms with Crippen LogP contribution in [0.1, 0.15) is 84.6 Å². The molecule has 2 fully saturated rings. The van der Waals surface area contributed by atoms with Crippen LogP contribution in [0.5, 0.6) is 0 Å². The van der Waals surface area contributed by atoms with E-state index >= 15 is 0 Å². The summed E-state index contributed by atoms with van der Waals surface area (Å²) in [6, 6.07) is 0.300. The number of carbonyl (C=O) groups is 6. The van der Waals surface area contributed by atoms with Crippen LogP contribution < -0.4 is 21.7 Å². The zero-order chi connectivity index (χ0) is 33.8. The van der Waals surface area contributed by atoms with Crippen molar-refractivity contribution in [2.75, 3.05) is 6.54 Å². The Balaban J connectivity index is 1.83. The lowest BCUT2D eigenvalue weighted by Crippen LogP contribution is -2.62. The van der Waals surface area contributed by atoms with E-state index in [9.17, 15) is 28.8 Å². The SMILES string of the molecule is CC(C)C1CCN(C(=O)[C@@H](NC(=O)N[C@H](C(=O)c2cccc(Br)n2)C(C)C)C(C)(C)C)[C@@H]1C(=O)NC(CC1CC1)C(=O)C(N)=O. The number of likely N-dealkylation sites (tertiary alicyclic amines) is 1. The van der Waals surface area contributed by atoms with Crippen molar-refractivity contribution in [2.45, 2.75) is 98.3 Å². The molecular weight excluding hydrogens is 644 g/mol. The van der Waals surface area contributed by atoms with Crippen LogP contribution in [0.25, 0.3) is 0 Å². The van der Waals surface area contributed by atoms with Crippen LogP contribution >= 0.6 is 15.9 Å². The number of nitrogens with two attached hydrogens (primary N) is 1. The van der Waals surface area contributed by atoms with Gasteiger partial charge in [0.2, 0.25) is 23.4 Å². The molecule has 12 nitrogen and oxygen atoms in total. The highest BCUT2D eigenvalue weighted by Crippen LogP contribution is 2.35. The molecule has 0 bridgehead atoms. The summed E-state index contributed by atoms with van der Waals surface area (Å²) in [5.74, 6) is -3.56. The third-order valence-corrected chi connectivity index (χ3v) is 9.03. The highest BCUT2D eigenvalue weighted by molar-refractivity contribution is 9.10. The number of nitrogens with zero attached hydrogens (tertiary/aromatic N) is 2. The van der Waals surface area contributed by atoms with Crippen LogP contribution in [0.2, 0.25) is 0 Å². The molecule has 0 spiro atoms. The Hall–Kier alpha value is -3.35. The Bertz CT molecular complexity index is 1310. The summed E-state index contributed by atoms with van der Waals surface area (Å²) in [7, 11) is 0. The van der Waals surface area contributed by atoms with E-state index in [4.69, 9.17) is 5.73 Å². The predicted octanol–water partition coefficient (Wildman–Crippen LogP) is 2.98. The monoisotopic (exact) mass is 690 g/mol. The molecule has 5 N–H and O–H groups in total. The van der Waals surface area contributed by atoms with E-state index in [1.165, 1.54) is 4.90 Å². The van der Waals surface area contributed by atoms with Crippen molar-refractivity contribution in [1.82, 2.24) is 25.8 Å². The van der Waals surface area contributed by atoms with E-state index in [-0.39, 0.29) is 41.7 Å². The third kappa shape index (κ3) is 9.34. The van der Waals surface area contributed by atoms with Crippen molar-refractivity contribution in [3.8, 4) is 0 Å². The third-order valence-electron chi connectivity index (χ3n) is 8.59. The minimum atomic E-state index is -1.11. The van der Waals surface area contributed by atoms with Gasteiger partial charge in [0, 0.05) is 6.54 Å². The Kier molecular flexibility index (Phi) is 11.9. The van der Waals surface area contributed by atoms with E-state index in [1.54, 1.807) is 52.8 Å². The van der Waals surface area contributed by atoms with Gasteiger partial charge in [-0.2, -0.15) is 0 Å². The molecule has 45 heavy (non-hydrogen) atoms. The van der Waals surface area contributed by atoms with Crippen molar-refractivity contribution in [3.05, 3.63) is 28.5 Å². The van der Waals surface area contributed by atoms with E-state index in [0.29, 0.717) is 17.4 Å². The molecule has 1 aromatic rings. The van der Waals surface area contributed by atoms with Crippen molar-refractivity contribution < 1.29 is 28.8 Å². The van der Waals surface area contributed by atoms with Gasteiger partial charge in [0.25, 0.3) is 5.91 Å².